The molecule has 0 saturated carbocycles. The Balaban J connectivity index is 2.87. The minimum absolute atomic E-state index is 0.577. The molecule has 0 aromatic heterocycles. The Morgan fingerprint density at radius 3 is 2.83 bits per heavy atom. The number of azide groups is 1. The zero-order chi connectivity index (χ0) is 9.14. The van der Waals surface area contributed by atoms with E-state index in [1.807, 2.05) is 0 Å². The molecular weight excluding hydrogens is 162 g/mol. The van der Waals surface area contributed by atoms with Crippen LogP contribution in [0.25, 0.3) is 10.4 Å². The van der Waals surface area contributed by atoms with Gasteiger partial charge >= 0.3 is 0 Å². The number of rotatable bonds is 1. The summed E-state index contributed by atoms with van der Waals surface area (Å²) in [5.41, 5.74) is 8.04. The molecule has 64 valence electrons. The van der Waals surface area contributed by atoms with Crippen LogP contribution < -0.4 is 0 Å². The molecule has 0 spiro atoms. The second-order valence-electron chi connectivity index (χ2n) is 2.39. The van der Waals surface area contributed by atoms with Crippen molar-refractivity contribution in [3.63, 3.8) is 0 Å². The fraction of sp³-hybridized carbons (Fsp3) is 0.500. The highest BCUT2D eigenvalue weighted by Gasteiger charge is 2.31. The van der Waals surface area contributed by atoms with E-state index in [1.165, 1.54) is 6.08 Å². The summed E-state index contributed by atoms with van der Waals surface area (Å²) >= 11 is 0. The van der Waals surface area contributed by atoms with Gasteiger partial charge in [0.1, 0.15) is 6.10 Å². The van der Waals surface area contributed by atoms with Crippen molar-refractivity contribution in [2.45, 2.75) is 18.2 Å². The first-order valence-electron chi connectivity index (χ1n) is 3.29. The monoisotopic (exact) mass is 169 g/mol. The fourth-order valence-corrected chi connectivity index (χ4v) is 0.927. The lowest BCUT2D eigenvalue weighted by Crippen LogP contribution is -2.42. The van der Waals surface area contributed by atoms with Gasteiger partial charge in [-0.05, 0) is 11.6 Å². The Morgan fingerprint density at radius 1 is 1.58 bits per heavy atom. The molecule has 0 aliphatic heterocycles. The van der Waals surface area contributed by atoms with Crippen LogP contribution in [0.15, 0.2) is 17.3 Å². The van der Waals surface area contributed by atoms with E-state index in [9.17, 15) is 4.79 Å². The Hall–Kier alpha value is -1.36. The molecule has 0 bridgehead atoms. The first-order valence-corrected chi connectivity index (χ1v) is 3.29. The zero-order valence-corrected chi connectivity index (χ0v) is 6.03. The van der Waals surface area contributed by atoms with Gasteiger partial charge in [0.15, 0.2) is 5.78 Å². The van der Waals surface area contributed by atoms with Crippen molar-refractivity contribution in [1.29, 1.82) is 0 Å². The molecule has 3 atom stereocenters. The number of aliphatic hydroxyl groups excluding tert-OH is 2. The topological polar surface area (TPSA) is 106 Å². The van der Waals surface area contributed by atoms with E-state index in [-0.39, 0.29) is 0 Å². The number of carbonyl (C=O) groups excluding carboxylic acids is 1. The second kappa shape index (κ2) is 3.36. The standard InChI is InChI=1S/C6H7N3O3/c7-9-8-3-1-2-4(10)6(12)5(3)11/h1-3,5-6,11-12H/t3-,5-,6-/m0/s1. The van der Waals surface area contributed by atoms with Crippen molar-refractivity contribution < 1.29 is 15.0 Å². The molecule has 0 unspecified atom stereocenters. The van der Waals surface area contributed by atoms with Crippen LogP contribution in [0.5, 0.6) is 0 Å². The van der Waals surface area contributed by atoms with Crippen LogP contribution in [0, 0.1) is 0 Å². The summed E-state index contributed by atoms with van der Waals surface area (Å²) in [6.07, 6.45) is -0.459. The molecule has 1 aliphatic carbocycles. The van der Waals surface area contributed by atoms with Crippen molar-refractivity contribution in [1.82, 2.24) is 0 Å². The van der Waals surface area contributed by atoms with Gasteiger partial charge in [-0.25, -0.2) is 0 Å². The van der Waals surface area contributed by atoms with Crippen molar-refractivity contribution in [3.8, 4) is 0 Å². The van der Waals surface area contributed by atoms with Crippen LogP contribution in [-0.4, -0.2) is 34.2 Å². The van der Waals surface area contributed by atoms with E-state index in [0.717, 1.165) is 6.08 Å². The predicted octanol–water partition coefficient (Wildman–Crippen LogP) is -0.474. The zero-order valence-electron chi connectivity index (χ0n) is 6.03. The summed E-state index contributed by atoms with van der Waals surface area (Å²) in [6, 6.07) is -0.859. The predicted molar refractivity (Wildman–Crippen MR) is 39.1 cm³/mol. The summed E-state index contributed by atoms with van der Waals surface area (Å²) in [7, 11) is 0. The third-order valence-corrected chi connectivity index (χ3v) is 1.61. The number of nitrogens with zero attached hydrogens (tertiary/aromatic N) is 3. The quantitative estimate of drug-likeness (QED) is 0.314. The first-order chi connectivity index (χ1) is 5.66. The van der Waals surface area contributed by atoms with Crippen LogP contribution in [0.4, 0.5) is 0 Å². The number of aliphatic hydroxyl groups is 2. The molecular formula is C6H7N3O3. The molecule has 0 saturated heterocycles. The highest BCUT2D eigenvalue weighted by Crippen LogP contribution is 2.13. The average Bonchev–Trinajstić information content (AvgIpc) is 2.07. The molecule has 6 nitrogen and oxygen atoms in total. The molecule has 2 N–H and O–H groups in total. The number of carbonyl (C=O) groups is 1. The van der Waals surface area contributed by atoms with Crippen LogP contribution in [0.1, 0.15) is 0 Å². The Morgan fingerprint density at radius 2 is 2.25 bits per heavy atom. The van der Waals surface area contributed by atoms with Gasteiger partial charge in [0.2, 0.25) is 0 Å². The smallest absolute Gasteiger partial charge is 0.186 e. The lowest BCUT2D eigenvalue weighted by atomic mass is 9.96. The molecule has 0 aromatic carbocycles. The minimum atomic E-state index is -1.48. The van der Waals surface area contributed by atoms with Gasteiger partial charge in [-0.2, -0.15) is 0 Å². The van der Waals surface area contributed by atoms with E-state index in [1.54, 1.807) is 0 Å². The molecule has 0 heterocycles. The van der Waals surface area contributed by atoms with Gasteiger partial charge in [-0.15, -0.1) is 0 Å². The molecule has 12 heavy (non-hydrogen) atoms. The van der Waals surface area contributed by atoms with Crippen molar-refractivity contribution in [3.05, 3.63) is 22.6 Å². The van der Waals surface area contributed by atoms with Gasteiger partial charge < -0.3 is 10.2 Å². The van der Waals surface area contributed by atoms with Crippen LogP contribution in [-0.2, 0) is 4.79 Å². The summed E-state index contributed by atoms with van der Waals surface area (Å²) in [5, 5.41) is 21.3. The highest BCUT2D eigenvalue weighted by atomic mass is 16.3. The molecule has 0 amide bonds. The molecule has 0 radical (unpaired) electrons. The van der Waals surface area contributed by atoms with Crippen LogP contribution in [0.3, 0.4) is 0 Å². The van der Waals surface area contributed by atoms with E-state index in [4.69, 9.17) is 15.7 Å². The lowest BCUT2D eigenvalue weighted by molar-refractivity contribution is -0.129. The number of ketones is 1. The van der Waals surface area contributed by atoms with Crippen molar-refractivity contribution >= 4 is 5.78 Å². The maximum atomic E-state index is 10.7. The number of hydrogen-bond acceptors (Lipinski definition) is 4. The van der Waals surface area contributed by atoms with Gasteiger partial charge in [-0.3, -0.25) is 4.79 Å². The van der Waals surface area contributed by atoms with E-state index in [2.05, 4.69) is 10.0 Å². The summed E-state index contributed by atoms with van der Waals surface area (Å²) in [6.45, 7) is 0. The van der Waals surface area contributed by atoms with Gasteiger partial charge in [0, 0.05) is 4.91 Å². The largest absolute Gasteiger partial charge is 0.389 e. The molecule has 6 heteroatoms. The first kappa shape index (κ1) is 8.73. The summed E-state index contributed by atoms with van der Waals surface area (Å²) in [4.78, 5) is 13.2. The third-order valence-electron chi connectivity index (χ3n) is 1.61. The fourth-order valence-electron chi connectivity index (χ4n) is 0.927. The average molecular weight is 169 g/mol. The SMILES string of the molecule is [N-]=[N+]=N[C@H]1C=CC(=O)[C@H](O)[C@H]1O. The van der Waals surface area contributed by atoms with Crippen molar-refractivity contribution in [2.24, 2.45) is 5.11 Å². The Labute approximate surface area is 67.8 Å². The Kier molecular flexibility index (Phi) is 2.44. The highest BCUT2D eigenvalue weighted by molar-refractivity contribution is 5.95. The normalized spacial score (nSPS) is 34.5. The van der Waals surface area contributed by atoms with Gasteiger partial charge in [-0.1, -0.05) is 11.2 Å². The molecule has 0 aromatic rings. The molecule has 0 fully saturated rings. The third kappa shape index (κ3) is 1.45. The van der Waals surface area contributed by atoms with Gasteiger partial charge in [0.25, 0.3) is 0 Å². The molecule has 1 aliphatic rings. The van der Waals surface area contributed by atoms with Gasteiger partial charge in [0.05, 0.1) is 12.1 Å². The van der Waals surface area contributed by atoms with E-state index in [0.29, 0.717) is 0 Å². The maximum Gasteiger partial charge on any atom is 0.186 e. The molecule has 1 rings (SSSR count). The summed E-state index contributed by atoms with van der Waals surface area (Å²) < 4.78 is 0. The number of hydrogen-bond donors (Lipinski definition) is 2. The van der Waals surface area contributed by atoms with E-state index < -0.39 is 24.0 Å². The minimum Gasteiger partial charge on any atom is -0.389 e. The lowest BCUT2D eigenvalue weighted by Gasteiger charge is -2.22. The Bertz CT molecular complexity index is 269. The van der Waals surface area contributed by atoms with E-state index >= 15 is 0 Å². The second-order valence-corrected chi connectivity index (χ2v) is 2.39. The van der Waals surface area contributed by atoms with Crippen LogP contribution >= 0.6 is 0 Å². The summed E-state index contributed by atoms with van der Waals surface area (Å²) in [5.74, 6) is -0.577. The van der Waals surface area contributed by atoms with Crippen LogP contribution in [0.2, 0.25) is 0 Å². The van der Waals surface area contributed by atoms with Crippen molar-refractivity contribution in [2.75, 3.05) is 0 Å². The maximum absolute atomic E-state index is 10.7.